The van der Waals surface area contributed by atoms with Crippen molar-refractivity contribution in [1.29, 1.82) is 0 Å². The number of amides is 2. The number of benzene rings is 1. The van der Waals surface area contributed by atoms with Crippen molar-refractivity contribution in [2.45, 2.75) is 25.3 Å². The maximum Gasteiger partial charge on any atom is 0.227 e. The van der Waals surface area contributed by atoms with Crippen LogP contribution in [-0.2, 0) is 9.59 Å². The highest BCUT2D eigenvalue weighted by molar-refractivity contribution is 6.01. The Hall–Kier alpha value is -1.99. The largest absolute Gasteiger partial charge is 0.497 e. The lowest BCUT2D eigenvalue weighted by atomic mass is 10.1. The summed E-state index contributed by atoms with van der Waals surface area (Å²) in [5.74, 6) is 1.14. The summed E-state index contributed by atoms with van der Waals surface area (Å²) in [4.78, 5) is 26.6. The molecule has 1 aliphatic heterocycles. The first-order chi connectivity index (χ1) is 12.1. The molecule has 0 bridgehead atoms. The summed E-state index contributed by atoms with van der Waals surface area (Å²) >= 11 is 0. The number of nitrogens with one attached hydrogen (secondary N) is 1. The lowest BCUT2D eigenvalue weighted by Gasteiger charge is -2.21. The summed E-state index contributed by atoms with van der Waals surface area (Å²) in [7, 11) is 3.12. The summed E-state index contributed by atoms with van der Waals surface area (Å²) in [6.07, 6.45) is 2.42. The average molecular weight is 384 g/mol. The normalized spacial score (nSPS) is 20.3. The molecule has 144 valence electrons. The summed E-state index contributed by atoms with van der Waals surface area (Å²) in [6, 6.07) is 5.30. The van der Waals surface area contributed by atoms with Crippen molar-refractivity contribution < 1.29 is 19.1 Å². The molecule has 26 heavy (non-hydrogen) atoms. The van der Waals surface area contributed by atoms with Crippen LogP contribution in [0.25, 0.3) is 0 Å². The molecule has 2 unspecified atom stereocenters. The molecule has 3 rings (SSSR count). The van der Waals surface area contributed by atoms with Gasteiger partial charge in [0, 0.05) is 31.6 Å². The molecule has 1 saturated heterocycles. The Morgan fingerprint density at radius 1 is 1.35 bits per heavy atom. The van der Waals surface area contributed by atoms with E-state index in [2.05, 4.69) is 5.32 Å². The predicted molar refractivity (Wildman–Crippen MR) is 101 cm³/mol. The van der Waals surface area contributed by atoms with Gasteiger partial charge in [-0.1, -0.05) is 0 Å². The number of anilines is 1. The van der Waals surface area contributed by atoms with Crippen molar-refractivity contribution in [2.24, 2.45) is 17.6 Å². The maximum absolute atomic E-state index is 12.5. The third-order valence-electron chi connectivity index (χ3n) is 4.95. The fourth-order valence-electron chi connectivity index (χ4n) is 3.29. The molecule has 1 aromatic carbocycles. The topological polar surface area (TPSA) is 93.9 Å². The number of hydrogen-bond donors (Lipinski definition) is 2. The third kappa shape index (κ3) is 4.22. The third-order valence-corrected chi connectivity index (χ3v) is 4.95. The van der Waals surface area contributed by atoms with Crippen LogP contribution in [0.3, 0.4) is 0 Å². The summed E-state index contributed by atoms with van der Waals surface area (Å²) in [6.45, 7) is 0.780. The van der Waals surface area contributed by atoms with E-state index in [9.17, 15) is 9.59 Å². The van der Waals surface area contributed by atoms with Gasteiger partial charge in [-0.25, -0.2) is 0 Å². The van der Waals surface area contributed by atoms with Gasteiger partial charge < -0.3 is 25.4 Å². The Bertz CT molecular complexity index is 666. The molecule has 2 aliphatic rings. The Morgan fingerprint density at radius 2 is 2.08 bits per heavy atom. The van der Waals surface area contributed by atoms with Crippen LogP contribution in [0.4, 0.5) is 5.69 Å². The van der Waals surface area contributed by atoms with Crippen molar-refractivity contribution in [3.63, 3.8) is 0 Å². The van der Waals surface area contributed by atoms with Crippen molar-refractivity contribution in [3.8, 4) is 11.5 Å². The number of rotatable bonds is 7. The first-order valence-electron chi connectivity index (χ1n) is 8.60. The van der Waals surface area contributed by atoms with Crippen LogP contribution in [0, 0.1) is 11.8 Å². The Kier molecular flexibility index (Phi) is 6.72. The molecule has 7 nitrogen and oxygen atoms in total. The van der Waals surface area contributed by atoms with Gasteiger partial charge >= 0.3 is 0 Å². The highest BCUT2D eigenvalue weighted by Crippen LogP contribution is 2.36. The molecule has 2 fully saturated rings. The van der Waals surface area contributed by atoms with Gasteiger partial charge in [-0.05, 0) is 30.9 Å². The number of nitrogens with zero attached hydrogens (tertiary/aromatic N) is 1. The van der Waals surface area contributed by atoms with Crippen LogP contribution < -0.4 is 25.4 Å². The van der Waals surface area contributed by atoms with Gasteiger partial charge in [-0.3, -0.25) is 9.59 Å². The molecule has 1 heterocycles. The van der Waals surface area contributed by atoms with E-state index in [-0.39, 0.29) is 42.6 Å². The fourth-order valence-corrected chi connectivity index (χ4v) is 3.29. The van der Waals surface area contributed by atoms with Gasteiger partial charge in [0.15, 0.2) is 0 Å². The lowest BCUT2D eigenvalue weighted by molar-refractivity contribution is -0.127. The fraction of sp³-hybridized carbons (Fsp3) is 0.556. The minimum absolute atomic E-state index is 0. The number of hydrogen-bond acceptors (Lipinski definition) is 5. The Morgan fingerprint density at radius 3 is 2.65 bits per heavy atom. The van der Waals surface area contributed by atoms with E-state index in [1.54, 1.807) is 37.3 Å². The predicted octanol–water partition coefficient (Wildman–Crippen LogP) is 1.33. The summed E-state index contributed by atoms with van der Waals surface area (Å²) < 4.78 is 10.6. The van der Waals surface area contributed by atoms with E-state index in [0.29, 0.717) is 36.2 Å². The second-order valence-electron chi connectivity index (χ2n) is 6.63. The summed E-state index contributed by atoms with van der Waals surface area (Å²) in [5, 5.41) is 3.02. The van der Waals surface area contributed by atoms with Crippen molar-refractivity contribution >= 4 is 29.9 Å². The van der Waals surface area contributed by atoms with Crippen LogP contribution in [-0.4, -0.2) is 45.2 Å². The van der Waals surface area contributed by atoms with Crippen LogP contribution >= 0.6 is 12.4 Å². The highest BCUT2D eigenvalue weighted by atomic mass is 35.5. The molecule has 2 amide bonds. The SMILES string of the molecule is COc1ccc(N2CC(C(=O)NC(CN)C3CC3)CC2=O)c(OC)c1.Cl. The zero-order chi connectivity index (χ0) is 18.0. The number of methoxy groups -OCH3 is 2. The van der Waals surface area contributed by atoms with E-state index in [1.807, 2.05) is 0 Å². The van der Waals surface area contributed by atoms with Gasteiger partial charge in [-0.2, -0.15) is 0 Å². The summed E-state index contributed by atoms with van der Waals surface area (Å²) in [5.41, 5.74) is 6.40. The minimum Gasteiger partial charge on any atom is -0.497 e. The van der Waals surface area contributed by atoms with Crippen LogP contribution in [0.2, 0.25) is 0 Å². The lowest BCUT2D eigenvalue weighted by Crippen LogP contribution is -2.45. The number of ether oxygens (including phenoxy) is 2. The monoisotopic (exact) mass is 383 g/mol. The van der Waals surface area contributed by atoms with E-state index >= 15 is 0 Å². The molecule has 2 atom stereocenters. The van der Waals surface area contributed by atoms with E-state index in [4.69, 9.17) is 15.2 Å². The molecule has 3 N–H and O–H groups in total. The number of halogens is 1. The second kappa shape index (κ2) is 8.60. The molecule has 0 spiro atoms. The molecule has 0 aromatic heterocycles. The average Bonchev–Trinajstić information content (AvgIpc) is 3.40. The van der Waals surface area contributed by atoms with E-state index in [0.717, 1.165) is 12.8 Å². The van der Waals surface area contributed by atoms with Crippen LogP contribution in [0.5, 0.6) is 11.5 Å². The molecule has 0 radical (unpaired) electrons. The van der Waals surface area contributed by atoms with Gasteiger partial charge in [0.25, 0.3) is 0 Å². The molecule has 1 aromatic rings. The molecule has 1 saturated carbocycles. The molecular formula is C18H26ClN3O4. The zero-order valence-corrected chi connectivity index (χ0v) is 15.9. The number of nitrogens with two attached hydrogens (primary N) is 1. The molecular weight excluding hydrogens is 358 g/mol. The van der Waals surface area contributed by atoms with Gasteiger partial charge in [0.05, 0.1) is 25.8 Å². The van der Waals surface area contributed by atoms with Gasteiger partial charge in [0.1, 0.15) is 11.5 Å². The van der Waals surface area contributed by atoms with Crippen LogP contribution in [0.15, 0.2) is 18.2 Å². The molecule has 1 aliphatic carbocycles. The minimum atomic E-state index is -0.368. The standard InChI is InChI=1S/C18H25N3O4.ClH/c1-24-13-5-6-15(16(8-13)25-2)21-10-12(7-17(21)22)18(23)20-14(9-19)11-3-4-11;/h5-6,8,11-12,14H,3-4,7,9-10,19H2,1-2H3,(H,20,23);1H. The first-order valence-corrected chi connectivity index (χ1v) is 8.60. The zero-order valence-electron chi connectivity index (χ0n) is 15.1. The van der Waals surface area contributed by atoms with E-state index < -0.39 is 0 Å². The van der Waals surface area contributed by atoms with E-state index in [1.165, 1.54) is 0 Å². The smallest absolute Gasteiger partial charge is 0.227 e. The van der Waals surface area contributed by atoms with Crippen molar-refractivity contribution in [1.82, 2.24) is 5.32 Å². The van der Waals surface area contributed by atoms with Gasteiger partial charge in [0.2, 0.25) is 11.8 Å². The quantitative estimate of drug-likeness (QED) is 0.740. The Balaban J connectivity index is 0.00000243. The van der Waals surface area contributed by atoms with Crippen molar-refractivity contribution in [3.05, 3.63) is 18.2 Å². The second-order valence-corrected chi connectivity index (χ2v) is 6.63. The molecule has 8 heteroatoms. The number of carbonyl (C=O) groups excluding carboxylic acids is 2. The van der Waals surface area contributed by atoms with Crippen molar-refractivity contribution in [2.75, 3.05) is 32.2 Å². The first kappa shape index (κ1) is 20.3. The Labute approximate surface area is 159 Å². The maximum atomic E-state index is 12.5. The highest BCUT2D eigenvalue weighted by Gasteiger charge is 2.38. The van der Waals surface area contributed by atoms with Crippen LogP contribution in [0.1, 0.15) is 19.3 Å². The number of carbonyl (C=O) groups is 2. The van der Waals surface area contributed by atoms with Gasteiger partial charge in [-0.15, -0.1) is 12.4 Å².